The van der Waals surface area contributed by atoms with Crippen molar-refractivity contribution in [2.24, 2.45) is 5.73 Å². The molecule has 0 fully saturated rings. The Morgan fingerprint density at radius 1 is 0.810 bits per heavy atom. The van der Waals surface area contributed by atoms with Crippen molar-refractivity contribution in [3.63, 3.8) is 0 Å². The van der Waals surface area contributed by atoms with Gasteiger partial charge in [0.15, 0.2) is 0 Å². The predicted octanol–water partition coefficient (Wildman–Crippen LogP) is 3.07. The fraction of sp³-hybridized carbons (Fsp3) is 0.294. The minimum Gasteiger partial charge on any atom is -0.497 e. The van der Waals surface area contributed by atoms with E-state index in [0.717, 1.165) is 33.9 Å². The van der Waals surface area contributed by atoms with E-state index in [1.807, 2.05) is 43.3 Å². The molecule has 21 heavy (non-hydrogen) atoms. The molecule has 0 aromatic heterocycles. The van der Waals surface area contributed by atoms with Gasteiger partial charge in [0.1, 0.15) is 17.2 Å². The lowest BCUT2D eigenvalue weighted by molar-refractivity contribution is 0.393. The molecule has 0 radical (unpaired) electrons. The molecular formula is C17H21NO3. The fourth-order valence-electron chi connectivity index (χ4n) is 2.30. The summed E-state index contributed by atoms with van der Waals surface area (Å²) in [6.07, 6.45) is 0. The largest absolute Gasteiger partial charge is 0.497 e. The molecule has 1 atom stereocenters. The summed E-state index contributed by atoms with van der Waals surface area (Å²) in [5.41, 5.74) is 9.39. The van der Waals surface area contributed by atoms with Crippen molar-refractivity contribution in [1.82, 2.24) is 0 Å². The Labute approximate surface area is 125 Å². The maximum atomic E-state index is 6.37. The molecule has 2 rings (SSSR count). The van der Waals surface area contributed by atoms with Gasteiger partial charge < -0.3 is 19.9 Å². The SMILES string of the molecule is COc1cc(OC)cc(C(N)c2ccc(OC)c(C)c2)c1. The molecule has 2 N–H and O–H groups in total. The summed E-state index contributed by atoms with van der Waals surface area (Å²) in [5, 5.41) is 0. The molecule has 0 aliphatic rings. The third-order valence-electron chi connectivity index (χ3n) is 3.51. The van der Waals surface area contributed by atoms with E-state index in [1.165, 1.54) is 0 Å². The average Bonchev–Trinajstić information content (AvgIpc) is 2.53. The molecule has 0 spiro atoms. The normalized spacial score (nSPS) is 11.9. The van der Waals surface area contributed by atoms with Crippen LogP contribution in [0, 0.1) is 6.92 Å². The van der Waals surface area contributed by atoms with Gasteiger partial charge in [0, 0.05) is 6.07 Å². The lowest BCUT2D eigenvalue weighted by Crippen LogP contribution is -2.12. The maximum Gasteiger partial charge on any atom is 0.122 e. The summed E-state index contributed by atoms with van der Waals surface area (Å²) in [5.74, 6) is 2.31. The molecule has 0 heterocycles. The van der Waals surface area contributed by atoms with E-state index >= 15 is 0 Å². The van der Waals surface area contributed by atoms with E-state index in [4.69, 9.17) is 19.9 Å². The van der Waals surface area contributed by atoms with Gasteiger partial charge in [-0.15, -0.1) is 0 Å². The highest BCUT2D eigenvalue weighted by atomic mass is 16.5. The third kappa shape index (κ3) is 3.28. The zero-order valence-corrected chi connectivity index (χ0v) is 12.8. The van der Waals surface area contributed by atoms with Gasteiger partial charge in [-0.2, -0.15) is 0 Å². The highest BCUT2D eigenvalue weighted by Crippen LogP contribution is 2.30. The highest BCUT2D eigenvalue weighted by molar-refractivity contribution is 5.45. The molecule has 0 saturated carbocycles. The Hall–Kier alpha value is -2.20. The quantitative estimate of drug-likeness (QED) is 0.918. The first-order valence-electron chi connectivity index (χ1n) is 6.72. The Morgan fingerprint density at radius 3 is 1.90 bits per heavy atom. The topological polar surface area (TPSA) is 53.7 Å². The van der Waals surface area contributed by atoms with Crippen molar-refractivity contribution in [2.75, 3.05) is 21.3 Å². The second-order valence-corrected chi connectivity index (χ2v) is 4.85. The number of hydrogen-bond acceptors (Lipinski definition) is 4. The molecule has 1 unspecified atom stereocenters. The summed E-state index contributed by atoms with van der Waals surface area (Å²) in [4.78, 5) is 0. The molecule has 0 aliphatic carbocycles. The Bertz CT molecular complexity index is 603. The van der Waals surface area contributed by atoms with Gasteiger partial charge in [0.05, 0.1) is 27.4 Å². The zero-order chi connectivity index (χ0) is 15.4. The van der Waals surface area contributed by atoms with Crippen LogP contribution in [0.2, 0.25) is 0 Å². The van der Waals surface area contributed by atoms with Crippen molar-refractivity contribution in [2.45, 2.75) is 13.0 Å². The lowest BCUT2D eigenvalue weighted by atomic mass is 9.97. The van der Waals surface area contributed by atoms with Crippen LogP contribution in [0.5, 0.6) is 17.2 Å². The Morgan fingerprint density at radius 2 is 1.43 bits per heavy atom. The van der Waals surface area contributed by atoms with Crippen LogP contribution >= 0.6 is 0 Å². The molecule has 0 saturated heterocycles. The van der Waals surface area contributed by atoms with E-state index in [0.29, 0.717) is 0 Å². The number of aryl methyl sites for hydroxylation is 1. The van der Waals surface area contributed by atoms with Crippen LogP contribution in [0.25, 0.3) is 0 Å². The number of methoxy groups -OCH3 is 3. The van der Waals surface area contributed by atoms with Gasteiger partial charge in [-0.05, 0) is 41.8 Å². The van der Waals surface area contributed by atoms with E-state index < -0.39 is 0 Å². The van der Waals surface area contributed by atoms with Crippen LogP contribution in [0.3, 0.4) is 0 Å². The van der Waals surface area contributed by atoms with Crippen molar-refractivity contribution in [1.29, 1.82) is 0 Å². The smallest absolute Gasteiger partial charge is 0.122 e. The lowest BCUT2D eigenvalue weighted by Gasteiger charge is -2.16. The Balaban J connectivity index is 2.39. The van der Waals surface area contributed by atoms with Crippen LogP contribution in [0.4, 0.5) is 0 Å². The summed E-state index contributed by atoms with van der Waals surface area (Å²) < 4.78 is 15.9. The molecule has 4 nitrogen and oxygen atoms in total. The standard InChI is InChI=1S/C17H21NO3/c1-11-7-12(5-6-16(11)21-4)17(18)13-8-14(19-2)10-15(9-13)20-3/h5-10,17H,18H2,1-4H3. The molecule has 2 aromatic carbocycles. The van der Waals surface area contributed by atoms with Crippen molar-refractivity contribution < 1.29 is 14.2 Å². The average molecular weight is 287 g/mol. The summed E-state index contributed by atoms with van der Waals surface area (Å²) in [7, 11) is 4.91. The Kier molecular flexibility index (Phi) is 4.70. The molecule has 4 heteroatoms. The first-order chi connectivity index (χ1) is 10.1. The highest BCUT2D eigenvalue weighted by Gasteiger charge is 2.13. The number of hydrogen-bond donors (Lipinski definition) is 1. The number of nitrogens with two attached hydrogens (primary N) is 1. The number of ether oxygens (including phenoxy) is 3. The van der Waals surface area contributed by atoms with Crippen molar-refractivity contribution in [3.8, 4) is 17.2 Å². The van der Waals surface area contributed by atoms with Crippen LogP contribution in [-0.2, 0) is 0 Å². The summed E-state index contributed by atoms with van der Waals surface area (Å²) >= 11 is 0. The second kappa shape index (κ2) is 6.50. The molecule has 112 valence electrons. The third-order valence-corrected chi connectivity index (χ3v) is 3.51. The van der Waals surface area contributed by atoms with Gasteiger partial charge in [-0.25, -0.2) is 0 Å². The summed E-state index contributed by atoms with van der Waals surface area (Å²) in [6, 6.07) is 11.4. The van der Waals surface area contributed by atoms with Crippen molar-refractivity contribution in [3.05, 3.63) is 53.1 Å². The van der Waals surface area contributed by atoms with Crippen LogP contribution in [-0.4, -0.2) is 21.3 Å². The van der Waals surface area contributed by atoms with E-state index in [-0.39, 0.29) is 6.04 Å². The maximum absolute atomic E-state index is 6.37. The molecular weight excluding hydrogens is 266 g/mol. The monoisotopic (exact) mass is 287 g/mol. The molecule has 0 bridgehead atoms. The van der Waals surface area contributed by atoms with E-state index in [1.54, 1.807) is 21.3 Å². The zero-order valence-electron chi connectivity index (χ0n) is 12.8. The number of benzene rings is 2. The predicted molar refractivity (Wildman–Crippen MR) is 83.3 cm³/mol. The van der Waals surface area contributed by atoms with Crippen LogP contribution in [0.15, 0.2) is 36.4 Å². The number of rotatable bonds is 5. The molecule has 0 amide bonds. The molecule has 2 aromatic rings. The first-order valence-corrected chi connectivity index (χ1v) is 6.72. The second-order valence-electron chi connectivity index (χ2n) is 4.85. The van der Waals surface area contributed by atoms with Gasteiger partial charge >= 0.3 is 0 Å². The molecule has 0 aliphatic heterocycles. The fourth-order valence-corrected chi connectivity index (χ4v) is 2.30. The van der Waals surface area contributed by atoms with Gasteiger partial charge in [0.2, 0.25) is 0 Å². The van der Waals surface area contributed by atoms with Gasteiger partial charge in [-0.3, -0.25) is 0 Å². The minimum atomic E-state index is -0.251. The summed E-state index contributed by atoms with van der Waals surface area (Å²) in [6.45, 7) is 2.00. The van der Waals surface area contributed by atoms with Gasteiger partial charge in [-0.1, -0.05) is 12.1 Å². The van der Waals surface area contributed by atoms with E-state index in [2.05, 4.69) is 0 Å². The first kappa shape index (κ1) is 15.2. The van der Waals surface area contributed by atoms with Crippen LogP contribution in [0.1, 0.15) is 22.7 Å². The minimum absolute atomic E-state index is 0.251. The van der Waals surface area contributed by atoms with E-state index in [9.17, 15) is 0 Å². The van der Waals surface area contributed by atoms with Gasteiger partial charge in [0.25, 0.3) is 0 Å². The van der Waals surface area contributed by atoms with Crippen LogP contribution < -0.4 is 19.9 Å². The van der Waals surface area contributed by atoms with Crippen molar-refractivity contribution >= 4 is 0 Å².